The molecule has 0 aromatic carbocycles. The Kier molecular flexibility index (Phi) is 6.11. The van der Waals surface area contributed by atoms with E-state index in [9.17, 15) is 0 Å². The predicted octanol–water partition coefficient (Wildman–Crippen LogP) is 3.21. The number of aromatic nitrogens is 7. The second-order valence-electron chi connectivity index (χ2n) is 4.34. The van der Waals surface area contributed by atoms with Gasteiger partial charge in [-0.05, 0) is 32.9 Å². The Labute approximate surface area is 151 Å². The number of rotatable bonds is 2. The van der Waals surface area contributed by atoms with Crippen molar-refractivity contribution >= 4 is 37.2 Å². The van der Waals surface area contributed by atoms with Crippen molar-refractivity contribution in [2.45, 2.75) is 20.8 Å². The van der Waals surface area contributed by atoms with Crippen LogP contribution in [0.4, 0.5) is 0 Å². The molecule has 3 aromatic heterocycles. The molecule has 0 aliphatic rings. The fraction of sp³-hybridized carbons (Fsp3) is 0.231. The minimum Gasteiger partial charge on any atom is -0.253 e. The molecule has 3 heterocycles. The Hall–Kier alpha value is -1.24. The summed E-state index contributed by atoms with van der Waals surface area (Å²) in [6.45, 7) is 5.51. The first kappa shape index (κ1) is 17.1. The van der Waals surface area contributed by atoms with Gasteiger partial charge in [-0.3, -0.25) is 4.98 Å². The Bertz CT molecular complexity index is 758. The van der Waals surface area contributed by atoms with Crippen LogP contribution in [0.25, 0.3) is 17.5 Å². The monoisotopic (exact) mass is 521 g/mol. The molecule has 0 aliphatic heterocycles. The fourth-order valence-electron chi connectivity index (χ4n) is 1.88. The smallest absolute Gasteiger partial charge is 0.253 e. The van der Waals surface area contributed by atoms with Crippen molar-refractivity contribution in [1.29, 1.82) is 0 Å². The standard InChI is InChI=1S/C13H13N7.I2/c1-8-16-12(11-6-4-5-7-14-11)18-13(17-8)20-10(3)15-9(2)19-20;1-2/h4-7H,1-3H3;. The molecular weight excluding hydrogens is 508 g/mol. The average Bonchev–Trinajstić information content (AvgIpc) is 2.88. The van der Waals surface area contributed by atoms with Crippen LogP contribution in [0.3, 0.4) is 0 Å². The van der Waals surface area contributed by atoms with Gasteiger partial charge in [-0.25, -0.2) is 9.97 Å². The van der Waals surface area contributed by atoms with Gasteiger partial charge < -0.3 is 0 Å². The van der Waals surface area contributed by atoms with Crippen LogP contribution in [0.2, 0.25) is 0 Å². The molecule has 3 aromatic rings. The lowest BCUT2D eigenvalue weighted by atomic mass is 10.3. The van der Waals surface area contributed by atoms with E-state index in [-0.39, 0.29) is 0 Å². The highest BCUT2D eigenvalue weighted by Gasteiger charge is 2.12. The minimum absolute atomic E-state index is 0.455. The summed E-state index contributed by atoms with van der Waals surface area (Å²) >= 11 is 4.24. The lowest BCUT2D eigenvalue weighted by molar-refractivity contribution is 0.753. The van der Waals surface area contributed by atoms with E-state index in [1.807, 2.05) is 39.0 Å². The highest BCUT2D eigenvalue weighted by atomic mass is 128. The molecule has 0 spiro atoms. The minimum atomic E-state index is 0.455. The maximum atomic E-state index is 4.42. The van der Waals surface area contributed by atoms with Crippen molar-refractivity contribution < 1.29 is 0 Å². The zero-order valence-corrected chi connectivity index (χ0v) is 16.5. The maximum Gasteiger partial charge on any atom is 0.256 e. The average molecular weight is 521 g/mol. The Morgan fingerprint density at radius 3 is 2.27 bits per heavy atom. The number of nitrogens with zero attached hydrogens (tertiary/aromatic N) is 7. The second kappa shape index (κ2) is 7.85. The van der Waals surface area contributed by atoms with Crippen LogP contribution in [0.15, 0.2) is 24.4 Å². The molecule has 0 radical (unpaired) electrons. The van der Waals surface area contributed by atoms with Crippen LogP contribution >= 0.6 is 37.2 Å². The normalized spacial score (nSPS) is 10.0. The van der Waals surface area contributed by atoms with Gasteiger partial charge in [0.1, 0.15) is 23.2 Å². The van der Waals surface area contributed by atoms with Crippen LogP contribution in [0, 0.1) is 20.8 Å². The summed E-state index contributed by atoms with van der Waals surface area (Å²) in [4.78, 5) is 21.6. The van der Waals surface area contributed by atoms with Gasteiger partial charge >= 0.3 is 0 Å². The fourth-order valence-corrected chi connectivity index (χ4v) is 1.88. The van der Waals surface area contributed by atoms with Gasteiger partial charge in [0.15, 0.2) is 5.82 Å². The topological polar surface area (TPSA) is 82.3 Å². The van der Waals surface area contributed by atoms with Crippen LogP contribution in [-0.4, -0.2) is 34.7 Å². The van der Waals surface area contributed by atoms with E-state index in [0.29, 0.717) is 29.1 Å². The molecule has 0 saturated heterocycles. The van der Waals surface area contributed by atoms with E-state index >= 15 is 0 Å². The van der Waals surface area contributed by atoms with E-state index in [2.05, 4.69) is 67.3 Å². The molecule has 0 saturated carbocycles. The molecular formula is C13H13I2N7. The molecule has 22 heavy (non-hydrogen) atoms. The third-order valence-corrected chi connectivity index (χ3v) is 2.69. The van der Waals surface area contributed by atoms with Crippen LogP contribution in [0.5, 0.6) is 0 Å². The SMILES string of the molecule is Cc1nc(-c2ccccn2)nc(-n2nc(C)nc2C)n1.II. The van der Waals surface area contributed by atoms with E-state index in [0.717, 1.165) is 5.82 Å². The summed E-state index contributed by atoms with van der Waals surface area (Å²) in [5.41, 5.74) is 0.703. The van der Waals surface area contributed by atoms with E-state index in [4.69, 9.17) is 0 Å². The highest BCUT2D eigenvalue weighted by Crippen LogP contribution is 2.13. The van der Waals surface area contributed by atoms with E-state index in [1.54, 1.807) is 10.9 Å². The molecule has 0 N–H and O–H groups in total. The highest BCUT2D eigenvalue weighted by molar-refractivity contribution is 15.0. The lowest BCUT2D eigenvalue weighted by Gasteiger charge is -2.05. The molecule has 7 nitrogen and oxygen atoms in total. The number of aryl methyl sites for hydroxylation is 3. The van der Waals surface area contributed by atoms with Gasteiger partial charge in [-0.15, -0.1) is 5.10 Å². The van der Waals surface area contributed by atoms with Crippen molar-refractivity contribution in [3.05, 3.63) is 41.9 Å². The first-order chi connectivity index (χ1) is 10.6. The van der Waals surface area contributed by atoms with Crippen molar-refractivity contribution in [2.24, 2.45) is 0 Å². The summed E-state index contributed by atoms with van der Waals surface area (Å²) in [7, 11) is 0. The Balaban J connectivity index is 0.000000847. The van der Waals surface area contributed by atoms with E-state index in [1.165, 1.54) is 0 Å². The van der Waals surface area contributed by atoms with Gasteiger partial charge in [-0.2, -0.15) is 14.6 Å². The van der Waals surface area contributed by atoms with E-state index < -0.39 is 0 Å². The quantitative estimate of drug-likeness (QED) is 0.483. The summed E-state index contributed by atoms with van der Waals surface area (Å²) < 4.78 is 1.61. The van der Waals surface area contributed by atoms with Crippen molar-refractivity contribution in [3.63, 3.8) is 0 Å². The zero-order chi connectivity index (χ0) is 16.1. The van der Waals surface area contributed by atoms with Gasteiger partial charge in [0.2, 0.25) is 0 Å². The lowest BCUT2D eigenvalue weighted by Crippen LogP contribution is -2.09. The molecule has 0 bridgehead atoms. The summed E-state index contributed by atoms with van der Waals surface area (Å²) in [5.74, 6) is 3.01. The number of hydrogen-bond donors (Lipinski definition) is 0. The second-order valence-corrected chi connectivity index (χ2v) is 4.34. The summed E-state index contributed by atoms with van der Waals surface area (Å²) in [6, 6.07) is 5.60. The molecule has 0 aliphatic carbocycles. The largest absolute Gasteiger partial charge is 0.256 e. The summed E-state index contributed by atoms with van der Waals surface area (Å²) in [5, 5.41) is 4.29. The van der Waals surface area contributed by atoms with Crippen molar-refractivity contribution in [3.8, 4) is 17.5 Å². The van der Waals surface area contributed by atoms with Gasteiger partial charge in [-0.1, -0.05) is 6.07 Å². The third-order valence-electron chi connectivity index (χ3n) is 2.69. The Morgan fingerprint density at radius 2 is 1.68 bits per heavy atom. The predicted molar refractivity (Wildman–Crippen MR) is 100 cm³/mol. The number of halogens is 2. The number of hydrogen-bond acceptors (Lipinski definition) is 6. The van der Waals surface area contributed by atoms with Crippen molar-refractivity contribution in [2.75, 3.05) is 0 Å². The molecule has 9 heteroatoms. The maximum absolute atomic E-state index is 4.42. The zero-order valence-electron chi connectivity index (χ0n) is 12.2. The van der Waals surface area contributed by atoms with Crippen molar-refractivity contribution in [1.82, 2.24) is 34.7 Å². The molecule has 0 unspecified atom stereocenters. The first-order valence-corrected chi connectivity index (χ1v) is 12.6. The van der Waals surface area contributed by atoms with Gasteiger partial charge in [0.25, 0.3) is 5.95 Å². The van der Waals surface area contributed by atoms with Crippen LogP contribution < -0.4 is 0 Å². The third kappa shape index (κ3) is 3.94. The molecule has 0 atom stereocenters. The van der Waals surface area contributed by atoms with Gasteiger partial charge in [0.05, 0.1) is 0 Å². The first-order valence-electron chi connectivity index (χ1n) is 6.32. The molecule has 0 fully saturated rings. The summed E-state index contributed by atoms with van der Waals surface area (Å²) in [6.07, 6.45) is 1.71. The van der Waals surface area contributed by atoms with Gasteiger partial charge in [0, 0.05) is 43.4 Å². The molecule has 114 valence electrons. The molecule has 3 rings (SSSR count). The van der Waals surface area contributed by atoms with Crippen LogP contribution in [0.1, 0.15) is 17.5 Å². The van der Waals surface area contributed by atoms with Crippen LogP contribution in [-0.2, 0) is 0 Å². The number of pyridine rings is 1. The molecule has 0 amide bonds. The Morgan fingerprint density at radius 1 is 0.909 bits per heavy atom.